The van der Waals surface area contributed by atoms with Crippen molar-refractivity contribution in [2.45, 2.75) is 66.3 Å². The molecule has 100 valence electrons. The van der Waals surface area contributed by atoms with Crippen molar-refractivity contribution in [1.82, 2.24) is 5.32 Å². The molecule has 0 aromatic heterocycles. The van der Waals surface area contributed by atoms with Crippen molar-refractivity contribution >= 4 is 0 Å². The van der Waals surface area contributed by atoms with Gasteiger partial charge in [0.15, 0.2) is 0 Å². The molecule has 1 nitrogen and oxygen atoms in total. The summed E-state index contributed by atoms with van der Waals surface area (Å²) in [7, 11) is 0. The van der Waals surface area contributed by atoms with E-state index in [-0.39, 0.29) is 0 Å². The van der Waals surface area contributed by atoms with Gasteiger partial charge in [0, 0.05) is 6.04 Å². The van der Waals surface area contributed by atoms with Gasteiger partial charge in [-0.15, -0.1) is 0 Å². The quantitative estimate of drug-likeness (QED) is 0.777. The second-order valence-corrected chi connectivity index (χ2v) is 7.73. The fourth-order valence-corrected chi connectivity index (χ4v) is 3.66. The average molecular weight is 237 g/mol. The Morgan fingerprint density at radius 1 is 1.24 bits per heavy atom. The highest BCUT2D eigenvalue weighted by atomic mass is 14.9. The number of nitrogens with one attached hydrogen (secondary N) is 1. The first-order chi connectivity index (χ1) is 7.90. The summed E-state index contributed by atoms with van der Waals surface area (Å²) in [5.74, 6) is 3.61. The molecule has 2 saturated carbocycles. The van der Waals surface area contributed by atoms with Gasteiger partial charge in [0.05, 0.1) is 0 Å². The summed E-state index contributed by atoms with van der Waals surface area (Å²) in [4.78, 5) is 0. The molecule has 0 bridgehead atoms. The van der Waals surface area contributed by atoms with Crippen LogP contribution in [0.5, 0.6) is 0 Å². The van der Waals surface area contributed by atoms with Crippen molar-refractivity contribution in [3.05, 3.63) is 0 Å². The number of hydrogen-bond donors (Lipinski definition) is 1. The molecule has 0 radical (unpaired) electrons. The van der Waals surface area contributed by atoms with E-state index in [9.17, 15) is 0 Å². The van der Waals surface area contributed by atoms with Crippen LogP contribution in [0.3, 0.4) is 0 Å². The third kappa shape index (κ3) is 3.24. The van der Waals surface area contributed by atoms with Crippen LogP contribution in [-0.4, -0.2) is 12.6 Å². The van der Waals surface area contributed by atoms with E-state index in [1.165, 1.54) is 32.2 Å². The maximum Gasteiger partial charge on any atom is 0.0100 e. The SMILES string of the molecule is CC1CCC(C(C)C)C(NCC2CC2(C)C)C1. The van der Waals surface area contributed by atoms with Gasteiger partial charge < -0.3 is 5.32 Å². The molecule has 0 heterocycles. The molecule has 0 amide bonds. The van der Waals surface area contributed by atoms with Crippen LogP contribution < -0.4 is 5.32 Å². The Hall–Kier alpha value is -0.0400. The third-order valence-corrected chi connectivity index (χ3v) is 5.37. The molecule has 2 rings (SSSR count). The van der Waals surface area contributed by atoms with Gasteiger partial charge >= 0.3 is 0 Å². The monoisotopic (exact) mass is 237 g/mol. The molecular formula is C16H31N. The standard InChI is InChI=1S/C16H31N/c1-11(2)14-7-6-12(3)8-15(14)17-10-13-9-16(13,4)5/h11-15,17H,6-10H2,1-5H3. The average Bonchev–Trinajstić information content (AvgIpc) is 2.83. The second kappa shape index (κ2) is 4.91. The molecule has 0 saturated heterocycles. The largest absolute Gasteiger partial charge is 0.313 e. The summed E-state index contributed by atoms with van der Waals surface area (Å²) in [5, 5.41) is 3.90. The first-order valence-electron chi connectivity index (χ1n) is 7.63. The highest BCUT2D eigenvalue weighted by molar-refractivity contribution is 4.97. The van der Waals surface area contributed by atoms with Crippen molar-refractivity contribution in [3.63, 3.8) is 0 Å². The molecule has 2 aliphatic rings. The van der Waals surface area contributed by atoms with E-state index < -0.39 is 0 Å². The number of hydrogen-bond acceptors (Lipinski definition) is 1. The maximum absolute atomic E-state index is 3.90. The van der Waals surface area contributed by atoms with Gasteiger partial charge in [-0.2, -0.15) is 0 Å². The van der Waals surface area contributed by atoms with Crippen LogP contribution in [0.4, 0.5) is 0 Å². The van der Waals surface area contributed by atoms with E-state index in [0.717, 1.165) is 29.7 Å². The van der Waals surface area contributed by atoms with Gasteiger partial charge in [-0.3, -0.25) is 0 Å². The van der Waals surface area contributed by atoms with Gasteiger partial charge in [0.1, 0.15) is 0 Å². The summed E-state index contributed by atoms with van der Waals surface area (Å²) >= 11 is 0. The minimum Gasteiger partial charge on any atom is -0.313 e. The predicted molar refractivity (Wildman–Crippen MR) is 75.0 cm³/mol. The van der Waals surface area contributed by atoms with E-state index in [1.54, 1.807) is 0 Å². The number of rotatable bonds is 4. The smallest absolute Gasteiger partial charge is 0.0100 e. The Labute approximate surface area is 108 Å². The van der Waals surface area contributed by atoms with Crippen molar-refractivity contribution in [1.29, 1.82) is 0 Å². The van der Waals surface area contributed by atoms with Gasteiger partial charge in [-0.05, 0) is 54.9 Å². The zero-order valence-corrected chi connectivity index (χ0v) is 12.4. The Kier molecular flexibility index (Phi) is 3.87. The molecular weight excluding hydrogens is 206 g/mol. The van der Waals surface area contributed by atoms with Crippen LogP contribution in [0.15, 0.2) is 0 Å². The highest BCUT2D eigenvalue weighted by Gasteiger charge is 2.45. The van der Waals surface area contributed by atoms with Crippen molar-refractivity contribution < 1.29 is 0 Å². The maximum atomic E-state index is 3.90. The molecule has 1 N–H and O–H groups in total. The molecule has 0 spiro atoms. The van der Waals surface area contributed by atoms with E-state index >= 15 is 0 Å². The van der Waals surface area contributed by atoms with Gasteiger partial charge in [-0.1, -0.05) is 41.0 Å². The Bertz CT molecular complexity index is 256. The van der Waals surface area contributed by atoms with Crippen LogP contribution in [0.2, 0.25) is 0 Å². The Morgan fingerprint density at radius 2 is 1.88 bits per heavy atom. The molecule has 0 aromatic rings. The topological polar surface area (TPSA) is 12.0 Å². The van der Waals surface area contributed by atoms with E-state index in [1.807, 2.05) is 0 Å². The lowest BCUT2D eigenvalue weighted by Gasteiger charge is -2.38. The first-order valence-corrected chi connectivity index (χ1v) is 7.63. The predicted octanol–water partition coefficient (Wildman–Crippen LogP) is 4.08. The van der Waals surface area contributed by atoms with Gasteiger partial charge in [0.2, 0.25) is 0 Å². The lowest BCUT2D eigenvalue weighted by molar-refractivity contribution is 0.168. The molecule has 0 aliphatic heterocycles. The first kappa shape index (κ1) is 13.4. The van der Waals surface area contributed by atoms with Crippen LogP contribution in [0.1, 0.15) is 60.3 Å². The minimum absolute atomic E-state index is 0.626. The molecule has 4 unspecified atom stereocenters. The molecule has 2 fully saturated rings. The third-order valence-electron chi connectivity index (χ3n) is 5.37. The zero-order valence-electron chi connectivity index (χ0n) is 12.4. The molecule has 4 atom stereocenters. The zero-order chi connectivity index (χ0) is 12.6. The van der Waals surface area contributed by atoms with Crippen molar-refractivity contribution in [3.8, 4) is 0 Å². The Balaban J connectivity index is 1.83. The summed E-state index contributed by atoms with van der Waals surface area (Å²) < 4.78 is 0. The van der Waals surface area contributed by atoms with Crippen molar-refractivity contribution in [2.24, 2.45) is 29.1 Å². The molecule has 0 aromatic carbocycles. The van der Waals surface area contributed by atoms with E-state index in [4.69, 9.17) is 0 Å². The lowest BCUT2D eigenvalue weighted by atomic mass is 9.74. The van der Waals surface area contributed by atoms with Crippen LogP contribution in [-0.2, 0) is 0 Å². The fraction of sp³-hybridized carbons (Fsp3) is 1.00. The van der Waals surface area contributed by atoms with Crippen LogP contribution in [0, 0.1) is 29.1 Å². The molecule has 2 aliphatic carbocycles. The summed E-state index contributed by atoms with van der Waals surface area (Å²) in [5.41, 5.74) is 0.626. The summed E-state index contributed by atoms with van der Waals surface area (Å²) in [6.45, 7) is 13.3. The van der Waals surface area contributed by atoms with Crippen LogP contribution in [0.25, 0.3) is 0 Å². The lowest BCUT2D eigenvalue weighted by Crippen LogP contribution is -2.43. The van der Waals surface area contributed by atoms with Gasteiger partial charge in [0.25, 0.3) is 0 Å². The fourth-order valence-electron chi connectivity index (χ4n) is 3.66. The van der Waals surface area contributed by atoms with E-state index in [2.05, 4.69) is 39.9 Å². The minimum atomic E-state index is 0.626. The Morgan fingerprint density at radius 3 is 2.41 bits per heavy atom. The summed E-state index contributed by atoms with van der Waals surface area (Å²) in [6, 6.07) is 0.787. The molecule has 17 heavy (non-hydrogen) atoms. The normalized spacial score (nSPS) is 40.6. The second-order valence-electron chi connectivity index (χ2n) is 7.73. The molecule has 1 heteroatoms. The van der Waals surface area contributed by atoms with Crippen LogP contribution >= 0.6 is 0 Å². The van der Waals surface area contributed by atoms with Gasteiger partial charge in [-0.25, -0.2) is 0 Å². The van der Waals surface area contributed by atoms with Crippen molar-refractivity contribution in [2.75, 3.05) is 6.54 Å². The summed E-state index contributed by atoms with van der Waals surface area (Å²) in [6.07, 6.45) is 5.70. The van der Waals surface area contributed by atoms with E-state index in [0.29, 0.717) is 5.41 Å². The highest BCUT2D eigenvalue weighted by Crippen LogP contribution is 2.51.